The molecule has 0 bridgehead atoms. The van der Waals surface area contributed by atoms with Gasteiger partial charge in [0, 0.05) is 0 Å². The molecular weight excluding hydrogens is 226 g/mol. The molecule has 16 heavy (non-hydrogen) atoms. The second-order valence-corrected chi connectivity index (χ2v) is 4.32. The second kappa shape index (κ2) is 3.78. The number of nitrogens with two attached hydrogens (primary N) is 1. The number of hydrogen-bond acceptors (Lipinski definition) is 3. The normalized spacial score (nSPS) is 16.3. The molecule has 4 nitrogen and oxygen atoms in total. The highest BCUT2D eigenvalue weighted by Gasteiger charge is 2.46. The number of amides is 1. The van der Waals surface area contributed by atoms with Gasteiger partial charge in [0.15, 0.2) is 0 Å². The fourth-order valence-corrected chi connectivity index (χ4v) is 1.46. The summed E-state index contributed by atoms with van der Waals surface area (Å²) in [6.45, 7) is 0. The van der Waals surface area contributed by atoms with Gasteiger partial charge in [-0.15, -0.1) is 0 Å². The molecule has 2 rings (SSSR count). The van der Waals surface area contributed by atoms with E-state index in [1.807, 2.05) is 6.07 Å². The second-order valence-electron chi connectivity index (χ2n) is 3.92. The Labute approximate surface area is 98.0 Å². The van der Waals surface area contributed by atoms with E-state index in [0.29, 0.717) is 29.1 Å². The molecule has 1 saturated carbocycles. The molecule has 0 aliphatic heterocycles. The Morgan fingerprint density at radius 3 is 2.81 bits per heavy atom. The monoisotopic (exact) mass is 235 g/mol. The van der Waals surface area contributed by atoms with Crippen LogP contribution in [0.1, 0.15) is 18.4 Å². The maximum atomic E-state index is 11.7. The molecule has 0 atom stereocenters. The van der Waals surface area contributed by atoms with E-state index >= 15 is 0 Å². The van der Waals surface area contributed by atoms with E-state index in [-0.39, 0.29) is 5.91 Å². The van der Waals surface area contributed by atoms with Crippen LogP contribution in [-0.2, 0) is 4.79 Å². The van der Waals surface area contributed by atoms with Crippen molar-refractivity contribution in [3.05, 3.63) is 28.8 Å². The van der Waals surface area contributed by atoms with Crippen molar-refractivity contribution in [1.29, 1.82) is 5.26 Å². The number of nitrogens with zero attached hydrogens (tertiary/aromatic N) is 1. The molecule has 3 N–H and O–H groups in total. The molecule has 0 heterocycles. The molecule has 0 radical (unpaired) electrons. The van der Waals surface area contributed by atoms with Crippen molar-refractivity contribution >= 4 is 23.2 Å². The molecule has 0 unspecified atom stereocenters. The fourth-order valence-electron chi connectivity index (χ4n) is 1.30. The van der Waals surface area contributed by atoms with Gasteiger partial charge < -0.3 is 11.1 Å². The maximum absolute atomic E-state index is 11.7. The van der Waals surface area contributed by atoms with Gasteiger partial charge in [-0.05, 0) is 31.0 Å². The average molecular weight is 236 g/mol. The number of carbonyl (C=O) groups excluding carboxylic acids is 1. The van der Waals surface area contributed by atoms with Crippen LogP contribution in [0.4, 0.5) is 5.69 Å². The fraction of sp³-hybridized carbons (Fsp3) is 0.273. The van der Waals surface area contributed by atoms with Crippen LogP contribution in [0, 0.1) is 11.3 Å². The van der Waals surface area contributed by atoms with Crippen LogP contribution in [-0.4, -0.2) is 11.4 Å². The Kier molecular flexibility index (Phi) is 2.58. The highest BCUT2D eigenvalue weighted by Crippen LogP contribution is 2.34. The standard InChI is InChI=1S/C11H10ClN3O/c12-8-2-1-7(6-13)5-9(8)15-10(16)11(14)3-4-11/h1-2,5H,3-4,14H2,(H,15,16). The molecule has 1 aliphatic carbocycles. The summed E-state index contributed by atoms with van der Waals surface area (Å²) >= 11 is 5.90. The summed E-state index contributed by atoms with van der Waals surface area (Å²) in [5, 5.41) is 11.8. The van der Waals surface area contributed by atoms with Crippen LogP contribution in [0.15, 0.2) is 18.2 Å². The van der Waals surface area contributed by atoms with Gasteiger partial charge in [0.1, 0.15) is 0 Å². The lowest BCUT2D eigenvalue weighted by molar-refractivity contribution is -0.118. The van der Waals surface area contributed by atoms with Crippen LogP contribution >= 0.6 is 11.6 Å². The van der Waals surface area contributed by atoms with Gasteiger partial charge in [-0.2, -0.15) is 5.26 Å². The Morgan fingerprint density at radius 2 is 2.25 bits per heavy atom. The Balaban J connectivity index is 2.21. The summed E-state index contributed by atoms with van der Waals surface area (Å²) in [7, 11) is 0. The van der Waals surface area contributed by atoms with Crippen molar-refractivity contribution in [3.63, 3.8) is 0 Å². The first-order valence-corrected chi connectivity index (χ1v) is 5.23. The average Bonchev–Trinajstić information content (AvgIpc) is 3.01. The number of rotatable bonds is 2. The number of hydrogen-bond donors (Lipinski definition) is 2. The zero-order valence-corrected chi connectivity index (χ0v) is 9.21. The third kappa shape index (κ3) is 2.01. The summed E-state index contributed by atoms with van der Waals surface area (Å²) in [5.41, 5.74) is 5.87. The van der Waals surface area contributed by atoms with E-state index in [4.69, 9.17) is 22.6 Å². The van der Waals surface area contributed by atoms with E-state index in [1.54, 1.807) is 12.1 Å². The minimum Gasteiger partial charge on any atom is -0.323 e. The summed E-state index contributed by atoms with van der Waals surface area (Å²) < 4.78 is 0. The lowest BCUT2D eigenvalue weighted by Gasteiger charge is -2.11. The third-order valence-corrected chi connectivity index (χ3v) is 2.91. The molecule has 0 saturated heterocycles. The van der Waals surface area contributed by atoms with Crippen molar-refractivity contribution in [2.75, 3.05) is 5.32 Å². The number of nitrogens with one attached hydrogen (secondary N) is 1. The zero-order chi connectivity index (χ0) is 11.8. The molecule has 1 fully saturated rings. The van der Waals surface area contributed by atoms with Gasteiger partial charge in [-0.3, -0.25) is 4.79 Å². The smallest absolute Gasteiger partial charge is 0.244 e. The summed E-state index contributed by atoms with van der Waals surface area (Å²) in [6, 6.07) is 6.68. The Hall–Kier alpha value is -1.57. The summed E-state index contributed by atoms with van der Waals surface area (Å²) in [4.78, 5) is 11.7. The lowest BCUT2D eigenvalue weighted by atomic mass is 10.2. The minimum atomic E-state index is -0.744. The molecule has 1 amide bonds. The number of halogens is 1. The number of nitriles is 1. The molecule has 82 valence electrons. The Morgan fingerprint density at radius 1 is 1.56 bits per heavy atom. The van der Waals surface area contributed by atoms with Crippen LogP contribution in [0.3, 0.4) is 0 Å². The van der Waals surface area contributed by atoms with E-state index in [9.17, 15) is 4.79 Å². The van der Waals surface area contributed by atoms with Crippen LogP contribution in [0.2, 0.25) is 5.02 Å². The molecule has 1 aliphatic rings. The number of benzene rings is 1. The highest BCUT2D eigenvalue weighted by molar-refractivity contribution is 6.33. The first kappa shape index (κ1) is 10.9. The van der Waals surface area contributed by atoms with Crippen molar-refractivity contribution in [3.8, 4) is 6.07 Å². The highest BCUT2D eigenvalue weighted by atomic mass is 35.5. The van der Waals surface area contributed by atoms with Gasteiger partial charge in [-0.25, -0.2) is 0 Å². The molecular formula is C11H10ClN3O. The van der Waals surface area contributed by atoms with E-state index in [0.717, 1.165) is 0 Å². The molecule has 0 spiro atoms. The quantitative estimate of drug-likeness (QED) is 0.818. The van der Waals surface area contributed by atoms with E-state index in [2.05, 4.69) is 5.32 Å². The van der Waals surface area contributed by atoms with Crippen molar-refractivity contribution < 1.29 is 4.79 Å². The van der Waals surface area contributed by atoms with Crippen molar-refractivity contribution in [2.24, 2.45) is 5.73 Å². The van der Waals surface area contributed by atoms with Gasteiger partial charge >= 0.3 is 0 Å². The van der Waals surface area contributed by atoms with Gasteiger partial charge in [0.25, 0.3) is 0 Å². The summed E-state index contributed by atoms with van der Waals surface area (Å²) in [6.07, 6.45) is 1.38. The number of carbonyl (C=O) groups is 1. The Bertz CT molecular complexity index is 488. The van der Waals surface area contributed by atoms with E-state index in [1.165, 1.54) is 6.07 Å². The van der Waals surface area contributed by atoms with Crippen LogP contribution in [0.5, 0.6) is 0 Å². The third-order valence-electron chi connectivity index (χ3n) is 2.58. The molecule has 5 heteroatoms. The first-order chi connectivity index (χ1) is 7.55. The number of anilines is 1. The molecule has 1 aromatic rings. The largest absolute Gasteiger partial charge is 0.323 e. The lowest BCUT2D eigenvalue weighted by Crippen LogP contribution is -2.37. The van der Waals surface area contributed by atoms with Gasteiger partial charge in [-0.1, -0.05) is 11.6 Å². The van der Waals surface area contributed by atoms with Crippen LogP contribution in [0.25, 0.3) is 0 Å². The van der Waals surface area contributed by atoms with Gasteiger partial charge in [0.05, 0.1) is 27.9 Å². The predicted molar refractivity (Wildman–Crippen MR) is 60.9 cm³/mol. The molecule has 0 aromatic heterocycles. The topological polar surface area (TPSA) is 78.9 Å². The zero-order valence-electron chi connectivity index (χ0n) is 8.46. The minimum absolute atomic E-state index is 0.246. The summed E-state index contributed by atoms with van der Waals surface area (Å²) in [5.74, 6) is -0.246. The maximum Gasteiger partial charge on any atom is 0.244 e. The van der Waals surface area contributed by atoms with Crippen molar-refractivity contribution in [2.45, 2.75) is 18.4 Å². The van der Waals surface area contributed by atoms with Crippen LogP contribution < -0.4 is 11.1 Å². The molecule has 1 aromatic carbocycles. The van der Waals surface area contributed by atoms with Crippen molar-refractivity contribution in [1.82, 2.24) is 0 Å². The first-order valence-electron chi connectivity index (χ1n) is 4.85. The SMILES string of the molecule is N#Cc1ccc(Cl)c(NC(=O)C2(N)CC2)c1. The predicted octanol–water partition coefficient (Wildman–Crippen LogP) is 1.64. The van der Waals surface area contributed by atoms with Gasteiger partial charge in [0.2, 0.25) is 5.91 Å². The van der Waals surface area contributed by atoms with E-state index < -0.39 is 5.54 Å².